The molecule has 4 nitrogen and oxygen atoms in total. The zero-order valence-corrected chi connectivity index (χ0v) is 11.8. The quantitative estimate of drug-likeness (QED) is 0.750. The van der Waals surface area contributed by atoms with Crippen molar-refractivity contribution in [2.24, 2.45) is 0 Å². The molecule has 0 bridgehead atoms. The van der Waals surface area contributed by atoms with Gasteiger partial charge in [-0.05, 0) is 29.9 Å². The molecule has 104 valence electrons. The van der Waals surface area contributed by atoms with E-state index in [2.05, 4.69) is 9.97 Å². The number of hydrogen-bond donors (Lipinski definition) is 0. The second-order valence-electron chi connectivity index (χ2n) is 4.87. The molecule has 0 spiro atoms. The number of aromatic nitrogens is 2. The summed E-state index contributed by atoms with van der Waals surface area (Å²) in [6, 6.07) is 3.76. The Bertz CT molecular complexity index is 824. The van der Waals surface area contributed by atoms with Crippen LogP contribution in [0.1, 0.15) is 12.0 Å². The third-order valence-electron chi connectivity index (χ3n) is 3.56. The summed E-state index contributed by atoms with van der Waals surface area (Å²) in [5.41, 5.74) is 4.93. The summed E-state index contributed by atoms with van der Waals surface area (Å²) >= 11 is 6.21. The molecule has 4 rings (SSSR count). The molecule has 1 aliphatic carbocycles. The van der Waals surface area contributed by atoms with Crippen LogP contribution in [0.2, 0.25) is 5.02 Å². The van der Waals surface area contributed by atoms with Crippen molar-refractivity contribution in [1.82, 2.24) is 9.97 Å². The molecule has 2 aliphatic rings. The Morgan fingerprint density at radius 2 is 1.95 bits per heavy atom. The molecule has 0 fully saturated rings. The molecule has 0 radical (unpaired) electrons. The molecule has 0 amide bonds. The monoisotopic (exact) mass is 298 g/mol. The maximum Gasteiger partial charge on any atom is 0.168 e. The fourth-order valence-electron chi connectivity index (χ4n) is 2.59. The summed E-state index contributed by atoms with van der Waals surface area (Å²) in [6.45, 7) is 0.468. The first-order valence-electron chi connectivity index (χ1n) is 6.61. The van der Waals surface area contributed by atoms with Crippen LogP contribution < -0.4 is 0 Å². The van der Waals surface area contributed by atoms with Gasteiger partial charge in [0, 0.05) is 35.0 Å². The third kappa shape index (κ3) is 2.22. The molecule has 0 unspecified atom stereocenters. The maximum atomic E-state index is 6.21. The average Bonchev–Trinajstić information content (AvgIpc) is 2.53. The molecular formula is C16H11ClN2O2. The highest BCUT2D eigenvalue weighted by molar-refractivity contribution is 6.31. The minimum atomic E-state index is 0.468. The number of rotatable bonds is 1. The Morgan fingerprint density at radius 3 is 2.90 bits per heavy atom. The van der Waals surface area contributed by atoms with E-state index in [0.29, 0.717) is 11.6 Å². The van der Waals surface area contributed by atoms with E-state index in [0.717, 1.165) is 39.9 Å². The largest absolute Gasteiger partial charge is 0.337 e. The van der Waals surface area contributed by atoms with Crippen LogP contribution in [-0.2, 0) is 9.78 Å². The van der Waals surface area contributed by atoms with Crippen molar-refractivity contribution in [2.45, 2.75) is 6.42 Å². The van der Waals surface area contributed by atoms with Crippen LogP contribution >= 0.6 is 11.6 Å². The molecule has 2 heterocycles. The van der Waals surface area contributed by atoms with Crippen LogP contribution in [-0.4, -0.2) is 16.6 Å². The van der Waals surface area contributed by atoms with Crippen molar-refractivity contribution in [2.75, 3.05) is 6.61 Å². The summed E-state index contributed by atoms with van der Waals surface area (Å²) in [6.07, 6.45) is 10.1. The Hall–Kier alpha value is -2.17. The Labute approximate surface area is 126 Å². The normalized spacial score (nSPS) is 17.5. The minimum absolute atomic E-state index is 0.468. The van der Waals surface area contributed by atoms with E-state index < -0.39 is 0 Å². The molecule has 0 N–H and O–H groups in total. The molecule has 5 heteroatoms. The van der Waals surface area contributed by atoms with Gasteiger partial charge in [-0.25, -0.2) is 0 Å². The lowest BCUT2D eigenvalue weighted by molar-refractivity contribution is -0.255. The van der Waals surface area contributed by atoms with Gasteiger partial charge >= 0.3 is 0 Å². The van der Waals surface area contributed by atoms with Crippen molar-refractivity contribution < 1.29 is 9.78 Å². The Morgan fingerprint density at radius 1 is 1.05 bits per heavy atom. The first kappa shape index (κ1) is 12.6. The lowest BCUT2D eigenvalue weighted by Crippen LogP contribution is -2.09. The first-order chi connectivity index (χ1) is 10.3. The molecule has 2 aromatic rings. The minimum Gasteiger partial charge on any atom is -0.337 e. The fourth-order valence-corrected chi connectivity index (χ4v) is 2.80. The highest BCUT2D eigenvalue weighted by Gasteiger charge is 2.20. The van der Waals surface area contributed by atoms with Crippen molar-refractivity contribution in [3.05, 3.63) is 64.7 Å². The van der Waals surface area contributed by atoms with Crippen molar-refractivity contribution in [3.63, 3.8) is 0 Å². The van der Waals surface area contributed by atoms with Gasteiger partial charge in [0.1, 0.15) is 6.61 Å². The molecule has 1 aromatic carbocycles. The molecule has 21 heavy (non-hydrogen) atoms. The summed E-state index contributed by atoms with van der Waals surface area (Å²) in [5.74, 6) is 0.766. The number of halogens is 1. The van der Waals surface area contributed by atoms with Gasteiger partial charge in [0.05, 0.1) is 11.0 Å². The van der Waals surface area contributed by atoms with Crippen LogP contribution in [0.5, 0.6) is 0 Å². The van der Waals surface area contributed by atoms with E-state index >= 15 is 0 Å². The van der Waals surface area contributed by atoms with Gasteiger partial charge in [-0.1, -0.05) is 17.7 Å². The predicted octanol–water partition coefficient (Wildman–Crippen LogP) is 3.84. The van der Waals surface area contributed by atoms with E-state index in [1.807, 2.05) is 30.4 Å². The van der Waals surface area contributed by atoms with Gasteiger partial charge in [-0.15, -0.1) is 0 Å². The topological polar surface area (TPSA) is 44.2 Å². The number of allylic oxidation sites excluding steroid dienone is 4. The highest BCUT2D eigenvalue weighted by Crippen LogP contribution is 2.36. The molecular weight excluding hydrogens is 288 g/mol. The van der Waals surface area contributed by atoms with E-state index in [4.69, 9.17) is 21.4 Å². The van der Waals surface area contributed by atoms with Gasteiger partial charge in [0.15, 0.2) is 5.76 Å². The fraction of sp³-hybridized carbons (Fsp3) is 0.125. The van der Waals surface area contributed by atoms with Gasteiger partial charge in [0.2, 0.25) is 0 Å². The number of fused-ring (bicyclic) bond motifs is 2. The summed E-state index contributed by atoms with van der Waals surface area (Å²) in [7, 11) is 0. The lowest BCUT2D eigenvalue weighted by atomic mass is 9.91. The van der Waals surface area contributed by atoms with Gasteiger partial charge in [-0.3, -0.25) is 9.97 Å². The second-order valence-corrected chi connectivity index (χ2v) is 5.31. The van der Waals surface area contributed by atoms with Crippen LogP contribution in [0.3, 0.4) is 0 Å². The smallest absolute Gasteiger partial charge is 0.168 e. The standard InChI is InChI=1S/C16H11ClN2O2/c17-12-8-13(16-14(9-12)18-4-5-19-16)10-1-2-15-11(7-10)3-6-20-21-15/h1-5,8-9H,6-7H2. The van der Waals surface area contributed by atoms with Crippen molar-refractivity contribution in [3.8, 4) is 0 Å². The van der Waals surface area contributed by atoms with Crippen molar-refractivity contribution >= 4 is 28.2 Å². The van der Waals surface area contributed by atoms with Gasteiger partial charge in [-0.2, -0.15) is 4.89 Å². The molecule has 0 saturated heterocycles. The van der Waals surface area contributed by atoms with Crippen LogP contribution in [0.25, 0.3) is 16.6 Å². The summed E-state index contributed by atoms with van der Waals surface area (Å²) in [4.78, 5) is 18.9. The van der Waals surface area contributed by atoms with Gasteiger partial charge in [0.25, 0.3) is 0 Å². The number of hydrogen-bond acceptors (Lipinski definition) is 4. The third-order valence-corrected chi connectivity index (χ3v) is 3.78. The molecule has 0 saturated carbocycles. The van der Waals surface area contributed by atoms with Crippen LogP contribution in [0.15, 0.2) is 54.1 Å². The van der Waals surface area contributed by atoms with Crippen LogP contribution in [0.4, 0.5) is 0 Å². The predicted molar refractivity (Wildman–Crippen MR) is 80.3 cm³/mol. The van der Waals surface area contributed by atoms with Gasteiger partial charge < -0.3 is 4.89 Å². The average molecular weight is 299 g/mol. The molecule has 1 aliphatic heterocycles. The van der Waals surface area contributed by atoms with Crippen molar-refractivity contribution in [1.29, 1.82) is 0 Å². The van der Waals surface area contributed by atoms with E-state index in [9.17, 15) is 0 Å². The first-order valence-corrected chi connectivity index (χ1v) is 6.99. The lowest BCUT2D eigenvalue weighted by Gasteiger charge is -2.21. The number of benzene rings is 1. The molecule has 0 atom stereocenters. The second kappa shape index (κ2) is 4.98. The zero-order chi connectivity index (χ0) is 14.2. The highest BCUT2D eigenvalue weighted by atomic mass is 35.5. The van der Waals surface area contributed by atoms with E-state index in [1.165, 1.54) is 0 Å². The number of nitrogens with zero attached hydrogens (tertiary/aromatic N) is 2. The van der Waals surface area contributed by atoms with E-state index in [-0.39, 0.29) is 0 Å². The Balaban J connectivity index is 1.88. The SMILES string of the molecule is Clc1cc(C2=CC=C3OOCC=C3C2)c2nccnc2c1. The molecule has 1 aromatic heterocycles. The summed E-state index contributed by atoms with van der Waals surface area (Å²) in [5, 5.41) is 0.658. The van der Waals surface area contributed by atoms with Crippen LogP contribution in [0, 0.1) is 0 Å². The maximum absolute atomic E-state index is 6.21. The summed E-state index contributed by atoms with van der Waals surface area (Å²) < 4.78 is 0. The van der Waals surface area contributed by atoms with E-state index in [1.54, 1.807) is 12.4 Å². The Kier molecular flexibility index (Phi) is 2.98. The zero-order valence-electron chi connectivity index (χ0n) is 11.0.